The van der Waals surface area contributed by atoms with E-state index in [0.717, 1.165) is 46.8 Å². The third kappa shape index (κ3) is 3.89. The minimum Gasteiger partial charge on any atom is -0.492 e. The maximum absolute atomic E-state index is 5.87. The predicted molar refractivity (Wildman–Crippen MR) is 88.9 cm³/mol. The lowest BCUT2D eigenvalue weighted by Crippen LogP contribution is -2.17. The fourth-order valence-corrected chi connectivity index (χ4v) is 2.75. The molecule has 2 aromatic rings. The summed E-state index contributed by atoms with van der Waals surface area (Å²) in [5.74, 6) is 2.82. The molecule has 0 radical (unpaired) electrons. The van der Waals surface area contributed by atoms with Crippen molar-refractivity contribution in [3.63, 3.8) is 0 Å². The molecule has 1 unspecified atom stereocenters. The number of aryl methyl sites for hydroxylation is 1. The summed E-state index contributed by atoms with van der Waals surface area (Å²) in [5, 5.41) is 3.31. The van der Waals surface area contributed by atoms with Crippen LogP contribution in [0.1, 0.15) is 43.4 Å². The minimum atomic E-state index is 0.0434. The number of ether oxygens (including phenoxy) is 1. The van der Waals surface area contributed by atoms with Gasteiger partial charge in [-0.15, -0.1) is 0 Å². The van der Waals surface area contributed by atoms with Crippen LogP contribution in [-0.4, -0.2) is 13.7 Å². The number of rotatable bonds is 7. The van der Waals surface area contributed by atoms with E-state index in [1.165, 1.54) is 0 Å². The van der Waals surface area contributed by atoms with Crippen molar-refractivity contribution in [2.75, 3.05) is 13.7 Å². The van der Waals surface area contributed by atoms with Crippen molar-refractivity contribution in [1.29, 1.82) is 0 Å². The fourth-order valence-electron chi connectivity index (χ4n) is 2.24. The van der Waals surface area contributed by atoms with Crippen LogP contribution in [0.15, 0.2) is 39.2 Å². The van der Waals surface area contributed by atoms with Gasteiger partial charge in [0, 0.05) is 6.42 Å². The summed E-state index contributed by atoms with van der Waals surface area (Å²) in [6.45, 7) is 4.92. The molecule has 2 rings (SSSR count). The summed E-state index contributed by atoms with van der Waals surface area (Å²) in [4.78, 5) is 0. The van der Waals surface area contributed by atoms with E-state index in [9.17, 15) is 0 Å². The van der Waals surface area contributed by atoms with E-state index in [4.69, 9.17) is 9.15 Å². The van der Waals surface area contributed by atoms with Gasteiger partial charge in [-0.25, -0.2) is 0 Å². The fraction of sp³-hybridized carbons (Fsp3) is 0.412. The van der Waals surface area contributed by atoms with Gasteiger partial charge < -0.3 is 14.5 Å². The van der Waals surface area contributed by atoms with Crippen LogP contribution in [0.5, 0.6) is 5.75 Å². The summed E-state index contributed by atoms with van der Waals surface area (Å²) >= 11 is 3.58. The third-order valence-electron chi connectivity index (χ3n) is 3.36. The topological polar surface area (TPSA) is 34.4 Å². The third-order valence-corrected chi connectivity index (χ3v) is 3.97. The number of furan rings is 1. The molecule has 3 nitrogen and oxygen atoms in total. The Labute approximate surface area is 134 Å². The van der Waals surface area contributed by atoms with E-state index in [2.05, 4.69) is 47.2 Å². The molecular weight excluding hydrogens is 330 g/mol. The lowest BCUT2D eigenvalue weighted by atomic mass is 10.0. The second kappa shape index (κ2) is 7.66. The van der Waals surface area contributed by atoms with Gasteiger partial charge in [-0.3, -0.25) is 0 Å². The van der Waals surface area contributed by atoms with Gasteiger partial charge in [-0.1, -0.05) is 19.9 Å². The first-order valence-electron chi connectivity index (χ1n) is 7.37. The Bertz CT molecular complexity index is 580. The minimum absolute atomic E-state index is 0.0434. The molecule has 0 aliphatic heterocycles. The molecule has 1 aromatic carbocycles. The van der Waals surface area contributed by atoms with Crippen LogP contribution in [0.25, 0.3) is 0 Å². The SMILES string of the molecule is CCCOc1ccc(C(NC)c2ccc(CC)o2)cc1Br. The highest BCUT2D eigenvalue weighted by Gasteiger charge is 2.17. The normalized spacial score (nSPS) is 12.4. The molecule has 21 heavy (non-hydrogen) atoms. The summed E-state index contributed by atoms with van der Waals surface area (Å²) in [6, 6.07) is 10.3. The van der Waals surface area contributed by atoms with Crippen molar-refractivity contribution < 1.29 is 9.15 Å². The van der Waals surface area contributed by atoms with E-state index in [1.54, 1.807) is 0 Å². The van der Waals surface area contributed by atoms with Gasteiger partial charge in [0.2, 0.25) is 0 Å². The van der Waals surface area contributed by atoms with E-state index in [0.29, 0.717) is 0 Å². The summed E-state index contributed by atoms with van der Waals surface area (Å²) in [6.07, 6.45) is 1.91. The number of nitrogens with one attached hydrogen (secondary N) is 1. The summed E-state index contributed by atoms with van der Waals surface area (Å²) in [7, 11) is 1.94. The summed E-state index contributed by atoms with van der Waals surface area (Å²) < 4.78 is 12.5. The monoisotopic (exact) mass is 351 g/mol. The van der Waals surface area contributed by atoms with Crippen LogP contribution in [0.2, 0.25) is 0 Å². The Hall–Kier alpha value is -1.26. The Balaban J connectivity index is 2.24. The molecule has 1 atom stereocenters. The Morgan fingerprint density at radius 1 is 1.24 bits per heavy atom. The van der Waals surface area contributed by atoms with Gasteiger partial charge in [-0.05, 0) is 59.2 Å². The number of halogens is 1. The van der Waals surface area contributed by atoms with Crippen molar-refractivity contribution >= 4 is 15.9 Å². The second-order valence-electron chi connectivity index (χ2n) is 4.92. The van der Waals surface area contributed by atoms with Gasteiger partial charge in [-0.2, -0.15) is 0 Å². The van der Waals surface area contributed by atoms with Crippen molar-refractivity contribution in [2.45, 2.75) is 32.7 Å². The molecule has 1 N–H and O–H groups in total. The van der Waals surface area contributed by atoms with Crippen LogP contribution in [0.3, 0.4) is 0 Å². The van der Waals surface area contributed by atoms with Crippen LogP contribution < -0.4 is 10.1 Å². The first kappa shape index (κ1) is 16.1. The van der Waals surface area contributed by atoms with Crippen LogP contribution in [-0.2, 0) is 6.42 Å². The van der Waals surface area contributed by atoms with E-state index < -0.39 is 0 Å². The van der Waals surface area contributed by atoms with Gasteiger partial charge in [0.25, 0.3) is 0 Å². The average Bonchev–Trinajstić information content (AvgIpc) is 2.96. The zero-order valence-corrected chi connectivity index (χ0v) is 14.4. The van der Waals surface area contributed by atoms with Crippen molar-refractivity contribution in [2.24, 2.45) is 0 Å². The maximum Gasteiger partial charge on any atom is 0.133 e. The molecule has 1 aromatic heterocycles. The van der Waals surface area contributed by atoms with Crippen molar-refractivity contribution in [3.05, 3.63) is 51.9 Å². The molecule has 0 saturated heterocycles. The zero-order valence-electron chi connectivity index (χ0n) is 12.8. The molecule has 0 spiro atoms. The van der Waals surface area contributed by atoms with Gasteiger partial charge in [0.05, 0.1) is 17.1 Å². The molecule has 4 heteroatoms. The van der Waals surface area contributed by atoms with Gasteiger partial charge in [0.1, 0.15) is 17.3 Å². The standard InChI is InChI=1S/C17H22BrNO2/c1-4-10-20-15-8-6-12(11-14(15)18)17(19-3)16-9-7-13(5-2)21-16/h6-9,11,17,19H,4-5,10H2,1-3H3. The first-order valence-corrected chi connectivity index (χ1v) is 8.17. The maximum atomic E-state index is 5.87. The Morgan fingerprint density at radius 3 is 2.62 bits per heavy atom. The van der Waals surface area contributed by atoms with Crippen molar-refractivity contribution in [1.82, 2.24) is 5.32 Å². The highest BCUT2D eigenvalue weighted by atomic mass is 79.9. The Kier molecular flexibility index (Phi) is 5.88. The van der Waals surface area contributed by atoms with Crippen molar-refractivity contribution in [3.8, 4) is 5.75 Å². The summed E-state index contributed by atoms with van der Waals surface area (Å²) in [5.41, 5.74) is 1.14. The number of hydrogen-bond acceptors (Lipinski definition) is 3. The molecular formula is C17H22BrNO2. The van der Waals surface area contributed by atoms with Gasteiger partial charge >= 0.3 is 0 Å². The van der Waals surface area contributed by atoms with Crippen LogP contribution >= 0.6 is 15.9 Å². The largest absolute Gasteiger partial charge is 0.492 e. The number of benzene rings is 1. The van der Waals surface area contributed by atoms with E-state index >= 15 is 0 Å². The number of hydrogen-bond donors (Lipinski definition) is 1. The van der Waals surface area contributed by atoms with Gasteiger partial charge in [0.15, 0.2) is 0 Å². The van der Waals surface area contributed by atoms with Crippen LogP contribution in [0.4, 0.5) is 0 Å². The smallest absolute Gasteiger partial charge is 0.133 e. The molecule has 1 heterocycles. The molecule has 0 amide bonds. The second-order valence-corrected chi connectivity index (χ2v) is 5.77. The lowest BCUT2D eigenvalue weighted by molar-refractivity contribution is 0.315. The first-order chi connectivity index (χ1) is 10.2. The highest BCUT2D eigenvalue weighted by molar-refractivity contribution is 9.10. The molecule has 114 valence electrons. The molecule has 0 saturated carbocycles. The molecule has 0 aliphatic rings. The van der Waals surface area contributed by atoms with Crippen LogP contribution in [0, 0.1) is 0 Å². The zero-order chi connectivity index (χ0) is 15.2. The Morgan fingerprint density at radius 2 is 2.05 bits per heavy atom. The van der Waals surface area contributed by atoms with E-state index in [-0.39, 0.29) is 6.04 Å². The molecule has 0 aliphatic carbocycles. The van der Waals surface area contributed by atoms with E-state index in [1.807, 2.05) is 25.2 Å². The quantitative estimate of drug-likeness (QED) is 0.784. The lowest BCUT2D eigenvalue weighted by Gasteiger charge is -2.16. The molecule has 0 bridgehead atoms. The highest BCUT2D eigenvalue weighted by Crippen LogP contribution is 2.31. The predicted octanol–water partition coefficient (Wildman–Crippen LogP) is 4.70. The average molecular weight is 352 g/mol. The molecule has 0 fully saturated rings.